The molecule has 1 aromatic carbocycles. The lowest BCUT2D eigenvalue weighted by Crippen LogP contribution is -2.55. The van der Waals surface area contributed by atoms with Gasteiger partial charge in [0.1, 0.15) is 6.10 Å². The van der Waals surface area contributed by atoms with E-state index in [1.807, 2.05) is 52.9 Å². The molecule has 0 saturated carbocycles. The third-order valence-corrected chi connectivity index (χ3v) is 6.06. The molecule has 0 bridgehead atoms. The van der Waals surface area contributed by atoms with Crippen LogP contribution in [0.15, 0.2) is 45.6 Å². The third-order valence-electron chi connectivity index (χ3n) is 5.38. The Morgan fingerprint density at radius 2 is 1.90 bits per heavy atom. The molecule has 9 heteroatoms. The summed E-state index contributed by atoms with van der Waals surface area (Å²) in [6.07, 6.45) is -0.963. The molecule has 4 heterocycles. The standard InChI is InChI=1S/C21H22N4O4S/c1-14-19(28-17-5-3-2-4-16(17)27-14)21(26)25-9-7-24(8-10-25)12-18-22-20(23-29-18)15-6-11-30-13-15/h2-6,11,13-14,19H,7-10,12H2,1H3. The molecule has 2 unspecified atom stereocenters. The van der Waals surface area contributed by atoms with Crippen LogP contribution in [0.3, 0.4) is 0 Å². The van der Waals surface area contributed by atoms with Gasteiger partial charge in [-0.05, 0) is 30.5 Å². The number of nitrogens with zero attached hydrogens (tertiary/aromatic N) is 4. The summed E-state index contributed by atoms with van der Waals surface area (Å²) in [5.41, 5.74) is 0.968. The topological polar surface area (TPSA) is 80.9 Å². The smallest absolute Gasteiger partial charge is 0.267 e. The fourth-order valence-electron chi connectivity index (χ4n) is 3.72. The highest BCUT2D eigenvalue weighted by atomic mass is 32.1. The lowest BCUT2D eigenvalue weighted by atomic mass is 10.1. The molecule has 1 fully saturated rings. The van der Waals surface area contributed by atoms with E-state index in [1.165, 1.54) is 0 Å². The molecule has 3 aromatic rings. The minimum absolute atomic E-state index is 0.0332. The van der Waals surface area contributed by atoms with Gasteiger partial charge in [-0.2, -0.15) is 16.3 Å². The Balaban J connectivity index is 1.17. The minimum atomic E-state index is -0.629. The summed E-state index contributed by atoms with van der Waals surface area (Å²) in [6.45, 7) is 5.17. The van der Waals surface area contributed by atoms with Gasteiger partial charge in [0, 0.05) is 37.1 Å². The van der Waals surface area contributed by atoms with E-state index in [1.54, 1.807) is 11.3 Å². The van der Waals surface area contributed by atoms with Gasteiger partial charge in [-0.15, -0.1) is 0 Å². The SMILES string of the molecule is CC1Oc2ccccc2OC1C(=O)N1CCN(Cc2nc(-c3ccsc3)no2)CC1. The number of rotatable bonds is 4. The van der Waals surface area contributed by atoms with Crippen LogP contribution in [-0.4, -0.2) is 64.2 Å². The molecule has 8 nitrogen and oxygen atoms in total. The quantitative estimate of drug-likeness (QED) is 0.634. The predicted molar refractivity (Wildman–Crippen MR) is 110 cm³/mol. The van der Waals surface area contributed by atoms with E-state index in [2.05, 4.69) is 15.0 Å². The highest BCUT2D eigenvalue weighted by Gasteiger charge is 2.37. The number of piperazine rings is 1. The summed E-state index contributed by atoms with van der Waals surface area (Å²) in [5.74, 6) is 2.47. The summed E-state index contributed by atoms with van der Waals surface area (Å²) >= 11 is 1.60. The van der Waals surface area contributed by atoms with Crippen LogP contribution in [0, 0.1) is 0 Å². The number of hydrogen-bond acceptors (Lipinski definition) is 8. The van der Waals surface area contributed by atoms with Gasteiger partial charge in [0.25, 0.3) is 5.91 Å². The Labute approximate surface area is 178 Å². The molecule has 156 valence electrons. The Kier molecular flexibility index (Phi) is 5.14. The number of carbonyl (C=O) groups is 1. The largest absolute Gasteiger partial charge is 0.482 e. The molecule has 1 amide bonds. The van der Waals surface area contributed by atoms with Gasteiger partial charge in [0.15, 0.2) is 11.5 Å². The lowest BCUT2D eigenvalue weighted by Gasteiger charge is -2.38. The highest BCUT2D eigenvalue weighted by molar-refractivity contribution is 7.08. The molecule has 0 aliphatic carbocycles. The first-order chi connectivity index (χ1) is 14.7. The van der Waals surface area contributed by atoms with Crippen molar-refractivity contribution in [2.45, 2.75) is 25.7 Å². The van der Waals surface area contributed by atoms with Crippen molar-refractivity contribution in [1.29, 1.82) is 0 Å². The number of thiophene rings is 1. The molecular weight excluding hydrogens is 404 g/mol. The van der Waals surface area contributed by atoms with E-state index in [-0.39, 0.29) is 12.0 Å². The van der Waals surface area contributed by atoms with Crippen LogP contribution in [0.1, 0.15) is 12.8 Å². The molecule has 0 N–H and O–H groups in total. The summed E-state index contributed by atoms with van der Waals surface area (Å²) in [5, 5.41) is 8.04. The van der Waals surface area contributed by atoms with Crippen molar-refractivity contribution >= 4 is 17.2 Å². The second-order valence-electron chi connectivity index (χ2n) is 7.43. The van der Waals surface area contributed by atoms with Crippen LogP contribution in [0.5, 0.6) is 11.5 Å². The molecular formula is C21H22N4O4S. The van der Waals surface area contributed by atoms with Gasteiger partial charge in [-0.1, -0.05) is 17.3 Å². The molecule has 2 aliphatic rings. The molecule has 2 aromatic heterocycles. The highest BCUT2D eigenvalue weighted by Crippen LogP contribution is 2.34. The first kappa shape index (κ1) is 19.1. The maximum atomic E-state index is 13.0. The maximum Gasteiger partial charge on any atom is 0.267 e. The van der Waals surface area contributed by atoms with E-state index in [0.29, 0.717) is 42.8 Å². The molecule has 30 heavy (non-hydrogen) atoms. The Morgan fingerprint density at radius 3 is 2.63 bits per heavy atom. The van der Waals surface area contributed by atoms with Crippen molar-refractivity contribution in [3.8, 4) is 22.9 Å². The summed E-state index contributed by atoms with van der Waals surface area (Å²) in [7, 11) is 0. The lowest BCUT2D eigenvalue weighted by molar-refractivity contribution is -0.146. The van der Waals surface area contributed by atoms with Gasteiger partial charge < -0.3 is 18.9 Å². The average Bonchev–Trinajstić information content (AvgIpc) is 3.45. The molecule has 0 radical (unpaired) electrons. The summed E-state index contributed by atoms with van der Waals surface area (Å²) in [6, 6.07) is 9.42. The molecule has 1 saturated heterocycles. The van der Waals surface area contributed by atoms with Gasteiger partial charge in [-0.3, -0.25) is 9.69 Å². The zero-order valence-electron chi connectivity index (χ0n) is 16.6. The summed E-state index contributed by atoms with van der Waals surface area (Å²) in [4.78, 5) is 21.6. The van der Waals surface area contributed by atoms with Crippen molar-refractivity contribution in [3.05, 3.63) is 47.0 Å². The molecule has 2 aliphatic heterocycles. The summed E-state index contributed by atoms with van der Waals surface area (Å²) < 4.78 is 17.2. The third kappa shape index (κ3) is 3.78. The van der Waals surface area contributed by atoms with Crippen LogP contribution < -0.4 is 9.47 Å². The van der Waals surface area contributed by atoms with Gasteiger partial charge in [-0.25, -0.2) is 0 Å². The monoisotopic (exact) mass is 426 g/mol. The first-order valence-corrected chi connectivity index (χ1v) is 10.9. The molecule has 0 spiro atoms. The van der Waals surface area contributed by atoms with Crippen LogP contribution in [0.4, 0.5) is 0 Å². The number of aromatic nitrogens is 2. The van der Waals surface area contributed by atoms with E-state index in [4.69, 9.17) is 14.0 Å². The first-order valence-electron chi connectivity index (χ1n) is 9.96. The zero-order valence-corrected chi connectivity index (χ0v) is 17.4. The van der Waals surface area contributed by atoms with Crippen LogP contribution in [0.2, 0.25) is 0 Å². The van der Waals surface area contributed by atoms with Crippen molar-refractivity contribution in [2.75, 3.05) is 26.2 Å². The second kappa shape index (κ2) is 8.08. The van der Waals surface area contributed by atoms with Crippen LogP contribution in [0.25, 0.3) is 11.4 Å². The number of ether oxygens (including phenoxy) is 2. The zero-order chi connectivity index (χ0) is 20.5. The minimum Gasteiger partial charge on any atom is -0.482 e. The number of carbonyl (C=O) groups excluding carboxylic acids is 1. The average molecular weight is 426 g/mol. The van der Waals surface area contributed by atoms with E-state index in [9.17, 15) is 4.79 Å². The van der Waals surface area contributed by atoms with Crippen LogP contribution in [-0.2, 0) is 11.3 Å². The fraction of sp³-hybridized carbons (Fsp3) is 0.381. The van der Waals surface area contributed by atoms with Crippen molar-refractivity contribution in [3.63, 3.8) is 0 Å². The number of benzene rings is 1. The van der Waals surface area contributed by atoms with E-state index in [0.717, 1.165) is 18.7 Å². The fourth-order valence-corrected chi connectivity index (χ4v) is 4.35. The van der Waals surface area contributed by atoms with Crippen molar-refractivity contribution in [2.24, 2.45) is 0 Å². The Hall–Kier alpha value is -2.91. The van der Waals surface area contributed by atoms with E-state index >= 15 is 0 Å². The van der Waals surface area contributed by atoms with Gasteiger partial charge in [0.05, 0.1) is 6.54 Å². The van der Waals surface area contributed by atoms with Crippen molar-refractivity contribution < 1.29 is 18.8 Å². The second-order valence-corrected chi connectivity index (χ2v) is 8.21. The molecule has 5 rings (SSSR count). The van der Waals surface area contributed by atoms with Crippen LogP contribution >= 0.6 is 11.3 Å². The Bertz CT molecular complexity index is 1010. The number of amides is 1. The predicted octanol–water partition coefficient (Wildman–Crippen LogP) is 2.67. The van der Waals surface area contributed by atoms with Gasteiger partial charge >= 0.3 is 0 Å². The Morgan fingerprint density at radius 1 is 1.13 bits per heavy atom. The van der Waals surface area contributed by atoms with E-state index < -0.39 is 6.10 Å². The van der Waals surface area contributed by atoms with Crippen molar-refractivity contribution in [1.82, 2.24) is 19.9 Å². The number of fused-ring (bicyclic) bond motifs is 1. The molecule has 2 atom stereocenters. The number of hydrogen-bond donors (Lipinski definition) is 0. The normalized spacial score (nSPS) is 21.6. The maximum absolute atomic E-state index is 13.0. The number of para-hydroxylation sites is 2. The van der Waals surface area contributed by atoms with Gasteiger partial charge in [0.2, 0.25) is 17.8 Å².